The summed E-state index contributed by atoms with van der Waals surface area (Å²) >= 11 is 5.88. The highest BCUT2D eigenvalue weighted by Crippen LogP contribution is 2.15. The van der Waals surface area contributed by atoms with E-state index in [1.165, 1.54) is 0 Å². The summed E-state index contributed by atoms with van der Waals surface area (Å²) in [5, 5.41) is 9.76. The Morgan fingerprint density at radius 2 is 2.21 bits per heavy atom. The molecule has 0 bridgehead atoms. The van der Waals surface area contributed by atoms with Crippen molar-refractivity contribution in [3.05, 3.63) is 34.3 Å². The van der Waals surface area contributed by atoms with Gasteiger partial charge in [-0.1, -0.05) is 23.4 Å². The van der Waals surface area contributed by atoms with Crippen LogP contribution in [0.25, 0.3) is 0 Å². The zero-order valence-electron chi connectivity index (χ0n) is 8.34. The van der Waals surface area contributed by atoms with E-state index >= 15 is 0 Å². The molecule has 1 N–H and O–H groups in total. The third kappa shape index (κ3) is 3.41. The standard InChI is InChI=1S/C12H13ClO/c1-9-8-11(6-7-12(9)13)5-3-4-10(2)14/h6-8,10,14H,4H2,1-2H3. The van der Waals surface area contributed by atoms with E-state index in [4.69, 9.17) is 16.7 Å². The SMILES string of the molecule is Cc1cc(C#CCC(C)O)ccc1Cl. The van der Waals surface area contributed by atoms with Crippen LogP contribution in [-0.4, -0.2) is 11.2 Å². The van der Waals surface area contributed by atoms with Crippen molar-refractivity contribution in [2.24, 2.45) is 0 Å². The minimum atomic E-state index is -0.365. The van der Waals surface area contributed by atoms with Gasteiger partial charge in [-0.3, -0.25) is 0 Å². The lowest BCUT2D eigenvalue weighted by molar-refractivity contribution is 0.201. The Hall–Kier alpha value is -0.970. The average Bonchev–Trinajstić information content (AvgIpc) is 2.10. The first-order chi connectivity index (χ1) is 6.59. The Morgan fingerprint density at radius 3 is 2.79 bits per heavy atom. The zero-order chi connectivity index (χ0) is 10.6. The van der Waals surface area contributed by atoms with Crippen molar-refractivity contribution in [3.8, 4) is 11.8 Å². The molecule has 0 amide bonds. The number of rotatable bonds is 1. The number of aryl methyl sites for hydroxylation is 1. The summed E-state index contributed by atoms with van der Waals surface area (Å²) in [5.41, 5.74) is 1.96. The summed E-state index contributed by atoms with van der Waals surface area (Å²) in [6.07, 6.45) is 0.137. The van der Waals surface area contributed by atoms with E-state index in [0.29, 0.717) is 6.42 Å². The Kier molecular flexibility index (Phi) is 4.00. The van der Waals surface area contributed by atoms with Crippen LogP contribution in [0.2, 0.25) is 5.02 Å². The molecule has 0 aromatic heterocycles. The summed E-state index contributed by atoms with van der Waals surface area (Å²) in [4.78, 5) is 0. The van der Waals surface area contributed by atoms with Gasteiger partial charge < -0.3 is 5.11 Å². The summed E-state index contributed by atoms with van der Waals surface area (Å²) in [6, 6.07) is 5.66. The molecular formula is C12H13ClO. The molecule has 0 heterocycles. The molecule has 0 saturated carbocycles. The topological polar surface area (TPSA) is 20.2 Å². The Morgan fingerprint density at radius 1 is 1.50 bits per heavy atom. The molecule has 0 aliphatic rings. The Bertz CT molecular complexity index is 372. The molecule has 0 saturated heterocycles. The maximum Gasteiger partial charge on any atom is 0.0621 e. The molecule has 0 fully saturated rings. The van der Waals surface area contributed by atoms with Crippen molar-refractivity contribution >= 4 is 11.6 Å². The fourth-order valence-corrected chi connectivity index (χ4v) is 1.14. The van der Waals surface area contributed by atoms with Crippen molar-refractivity contribution in [3.63, 3.8) is 0 Å². The van der Waals surface area contributed by atoms with Crippen LogP contribution in [-0.2, 0) is 0 Å². The van der Waals surface area contributed by atoms with E-state index in [-0.39, 0.29) is 6.10 Å². The van der Waals surface area contributed by atoms with Crippen molar-refractivity contribution in [2.45, 2.75) is 26.4 Å². The van der Waals surface area contributed by atoms with Crippen molar-refractivity contribution in [1.29, 1.82) is 0 Å². The first-order valence-electron chi connectivity index (χ1n) is 4.52. The lowest BCUT2D eigenvalue weighted by atomic mass is 10.1. The number of hydrogen-bond donors (Lipinski definition) is 1. The van der Waals surface area contributed by atoms with E-state index < -0.39 is 0 Å². The molecule has 0 spiro atoms. The minimum Gasteiger partial charge on any atom is -0.392 e. The second-order valence-electron chi connectivity index (χ2n) is 3.32. The second-order valence-corrected chi connectivity index (χ2v) is 3.73. The Labute approximate surface area is 89.7 Å². The van der Waals surface area contributed by atoms with Gasteiger partial charge in [0.25, 0.3) is 0 Å². The van der Waals surface area contributed by atoms with Gasteiger partial charge in [0.1, 0.15) is 0 Å². The van der Waals surface area contributed by atoms with E-state index in [0.717, 1.165) is 16.1 Å². The van der Waals surface area contributed by atoms with Crippen LogP contribution in [0.15, 0.2) is 18.2 Å². The molecular weight excluding hydrogens is 196 g/mol. The normalized spacial score (nSPS) is 11.7. The molecule has 1 unspecified atom stereocenters. The lowest BCUT2D eigenvalue weighted by Gasteiger charge is -1.97. The maximum absolute atomic E-state index is 9.01. The molecule has 1 nitrogen and oxygen atoms in total. The predicted molar refractivity (Wildman–Crippen MR) is 59.4 cm³/mol. The largest absolute Gasteiger partial charge is 0.392 e. The summed E-state index contributed by atoms with van der Waals surface area (Å²) < 4.78 is 0. The fourth-order valence-electron chi connectivity index (χ4n) is 1.02. The van der Waals surface area contributed by atoms with Crippen molar-refractivity contribution in [1.82, 2.24) is 0 Å². The van der Waals surface area contributed by atoms with Crippen LogP contribution in [0.3, 0.4) is 0 Å². The van der Waals surface area contributed by atoms with Crippen LogP contribution >= 0.6 is 11.6 Å². The molecule has 1 rings (SSSR count). The van der Waals surface area contributed by atoms with Crippen LogP contribution in [0.5, 0.6) is 0 Å². The van der Waals surface area contributed by atoms with Gasteiger partial charge in [-0.25, -0.2) is 0 Å². The Balaban J connectivity index is 2.76. The quantitative estimate of drug-likeness (QED) is 0.704. The van der Waals surface area contributed by atoms with Crippen LogP contribution in [0.4, 0.5) is 0 Å². The molecule has 2 heteroatoms. The average molecular weight is 209 g/mol. The number of aliphatic hydroxyl groups is 1. The van der Waals surface area contributed by atoms with Crippen LogP contribution in [0.1, 0.15) is 24.5 Å². The van der Waals surface area contributed by atoms with Crippen molar-refractivity contribution < 1.29 is 5.11 Å². The van der Waals surface area contributed by atoms with E-state index in [1.54, 1.807) is 6.92 Å². The zero-order valence-corrected chi connectivity index (χ0v) is 9.10. The molecule has 1 atom stereocenters. The van der Waals surface area contributed by atoms with Gasteiger partial charge >= 0.3 is 0 Å². The molecule has 1 aromatic rings. The monoisotopic (exact) mass is 208 g/mol. The van der Waals surface area contributed by atoms with Gasteiger partial charge in [0.15, 0.2) is 0 Å². The molecule has 1 aromatic carbocycles. The molecule has 0 radical (unpaired) electrons. The van der Waals surface area contributed by atoms with E-state index in [1.807, 2.05) is 25.1 Å². The molecule has 74 valence electrons. The van der Waals surface area contributed by atoms with Crippen molar-refractivity contribution in [2.75, 3.05) is 0 Å². The fraction of sp³-hybridized carbons (Fsp3) is 0.333. The summed E-state index contributed by atoms with van der Waals surface area (Å²) in [6.45, 7) is 3.67. The van der Waals surface area contributed by atoms with Crippen LogP contribution in [0, 0.1) is 18.8 Å². The maximum atomic E-state index is 9.01. The molecule has 0 aliphatic carbocycles. The number of benzene rings is 1. The van der Waals surface area contributed by atoms with Gasteiger partial charge in [0.2, 0.25) is 0 Å². The molecule has 0 aliphatic heterocycles. The number of aliphatic hydroxyl groups excluding tert-OH is 1. The summed E-state index contributed by atoms with van der Waals surface area (Å²) in [5.74, 6) is 5.88. The smallest absolute Gasteiger partial charge is 0.0621 e. The first-order valence-corrected chi connectivity index (χ1v) is 4.90. The minimum absolute atomic E-state index is 0.365. The van der Waals surface area contributed by atoms with E-state index in [2.05, 4.69) is 11.8 Å². The lowest BCUT2D eigenvalue weighted by Crippen LogP contribution is -1.95. The third-order valence-electron chi connectivity index (χ3n) is 1.79. The first kappa shape index (κ1) is 11.1. The van der Waals surface area contributed by atoms with Crippen LogP contribution < -0.4 is 0 Å². The van der Waals surface area contributed by atoms with Gasteiger partial charge in [-0.15, -0.1) is 0 Å². The highest BCUT2D eigenvalue weighted by molar-refractivity contribution is 6.31. The highest BCUT2D eigenvalue weighted by Gasteiger charge is 1.94. The predicted octanol–water partition coefficient (Wildman–Crippen LogP) is 2.77. The van der Waals surface area contributed by atoms with Gasteiger partial charge in [0, 0.05) is 17.0 Å². The van der Waals surface area contributed by atoms with Gasteiger partial charge in [0.05, 0.1) is 6.10 Å². The number of halogens is 1. The van der Waals surface area contributed by atoms with Gasteiger partial charge in [-0.05, 0) is 37.6 Å². The van der Waals surface area contributed by atoms with Gasteiger partial charge in [-0.2, -0.15) is 0 Å². The molecule has 14 heavy (non-hydrogen) atoms. The summed E-state index contributed by atoms with van der Waals surface area (Å²) in [7, 11) is 0. The van der Waals surface area contributed by atoms with E-state index in [9.17, 15) is 0 Å². The second kappa shape index (κ2) is 5.05. The highest BCUT2D eigenvalue weighted by atomic mass is 35.5. The number of hydrogen-bond acceptors (Lipinski definition) is 1. The third-order valence-corrected chi connectivity index (χ3v) is 2.21.